The van der Waals surface area contributed by atoms with Gasteiger partial charge in [-0.15, -0.1) is 0 Å². The number of carbonyl (C=O) groups is 1. The van der Waals surface area contributed by atoms with Crippen LogP contribution in [0.2, 0.25) is 0 Å². The highest BCUT2D eigenvalue weighted by molar-refractivity contribution is 7.93. The molecule has 208 valence electrons. The predicted molar refractivity (Wildman–Crippen MR) is 145 cm³/mol. The fourth-order valence-corrected chi connectivity index (χ4v) is 5.65. The Labute approximate surface area is 229 Å². The molecule has 1 amide bonds. The fraction of sp³-hybridized carbons (Fsp3) is 0.0741. The summed E-state index contributed by atoms with van der Waals surface area (Å²) in [7, 11) is -8.10. The second kappa shape index (κ2) is 11.0. The van der Waals surface area contributed by atoms with Crippen LogP contribution in [0.25, 0.3) is 0 Å². The van der Waals surface area contributed by atoms with E-state index >= 15 is 0 Å². The molecule has 4 rings (SSSR count). The van der Waals surface area contributed by atoms with Gasteiger partial charge >= 0.3 is 6.18 Å². The quantitative estimate of drug-likeness (QED) is 0.238. The summed E-state index contributed by atoms with van der Waals surface area (Å²) in [6, 6.07) is 20.8. The number of sulfonamides is 2. The van der Waals surface area contributed by atoms with E-state index in [1.807, 2.05) is 6.92 Å². The Morgan fingerprint density at radius 2 is 1.15 bits per heavy atom. The summed E-state index contributed by atoms with van der Waals surface area (Å²) in [5.74, 6) is -0.589. The zero-order valence-electron chi connectivity index (χ0n) is 20.7. The second-order valence-electron chi connectivity index (χ2n) is 8.66. The zero-order valence-corrected chi connectivity index (χ0v) is 22.4. The van der Waals surface area contributed by atoms with Crippen LogP contribution in [0.4, 0.5) is 30.2 Å². The molecule has 3 N–H and O–H groups in total. The van der Waals surface area contributed by atoms with Crippen LogP contribution in [0.3, 0.4) is 0 Å². The molecular formula is C27H22F3N3O5S2. The average Bonchev–Trinajstić information content (AvgIpc) is 2.88. The third-order valence-electron chi connectivity index (χ3n) is 5.57. The molecule has 4 aromatic rings. The number of benzene rings is 4. The maximum Gasteiger partial charge on any atom is 0.416 e. The summed E-state index contributed by atoms with van der Waals surface area (Å²) < 4.78 is 93.9. The van der Waals surface area contributed by atoms with Crippen molar-refractivity contribution < 1.29 is 34.8 Å². The molecular weight excluding hydrogens is 567 g/mol. The minimum atomic E-state index is -4.63. The largest absolute Gasteiger partial charge is 0.416 e. The molecule has 0 aromatic heterocycles. The lowest BCUT2D eigenvalue weighted by Crippen LogP contribution is -2.16. The summed E-state index contributed by atoms with van der Waals surface area (Å²) >= 11 is 0. The molecule has 0 saturated carbocycles. The Morgan fingerprint density at radius 1 is 0.650 bits per heavy atom. The molecule has 0 radical (unpaired) electrons. The van der Waals surface area contributed by atoms with Gasteiger partial charge < -0.3 is 5.32 Å². The van der Waals surface area contributed by atoms with E-state index in [4.69, 9.17) is 0 Å². The van der Waals surface area contributed by atoms with Gasteiger partial charge in [-0.3, -0.25) is 14.2 Å². The van der Waals surface area contributed by atoms with Crippen molar-refractivity contribution in [2.75, 3.05) is 14.8 Å². The Kier molecular flexibility index (Phi) is 7.89. The molecule has 0 aliphatic rings. The SMILES string of the molecule is Cc1ccc(S(=O)(=O)Nc2cccc(C(=O)Nc3ccc(S(=O)(=O)Nc4cccc(C(F)(F)F)c4)cc3)c2)cc1. The van der Waals surface area contributed by atoms with E-state index in [9.17, 15) is 34.8 Å². The minimum absolute atomic E-state index is 0.0607. The van der Waals surface area contributed by atoms with Gasteiger partial charge in [-0.1, -0.05) is 29.8 Å². The van der Waals surface area contributed by atoms with E-state index in [1.54, 1.807) is 12.1 Å². The van der Waals surface area contributed by atoms with Gasteiger partial charge in [0.05, 0.1) is 15.4 Å². The lowest BCUT2D eigenvalue weighted by Gasteiger charge is -2.12. The Bertz CT molecular complexity index is 1760. The monoisotopic (exact) mass is 589 g/mol. The van der Waals surface area contributed by atoms with Crippen molar-refractivity contribution in [1.82, 2.24) is 0 Å². The first-order valence-electron chi connectivity index (χ1n) is 11.5. The van der Waals surface area contributed by atoms with E-state index in [2.05, 4.69) is 14.8 Å². The summed E-state index contributed by atoms with van der Waals surface area (Å²) in [6.07, 6.45) is -4.63. The van der Waals surface area contributed by atoms with Gasteiger partial charge in [-0.05, 0) is 79.7 Å². The van der Waals surface area contributed by atoms with Crippen molar-refractivity contribution in [2.24, 2.45) is 0 Å². The number of alkyl halides is 3. The van der Waals surface area contributed by atoms with E-state index in [-0.39, 0.29) is 32.4 Å². The number of nitrogens with one attached hydrogen (secondary N) is 3. The maximum atomic E-state index is 12.9. The lowest BCUT2D eigenvalue weighted by molar-refractivity contribution is -0.137. The predicted octanol–water partition coefficient (Wildman–Crippen LogP) is 5.87. The van der Waals surface area contributed by atoms with Crippen LogP contribution in [0.5, 0.6) is 0 Å². The Balaban J connectivity index is 1.44. The highest BCUT2D eigenvalue weighted by atomic mass is 32.2. The number of halogens is 3. The highest BCUT2D eigenvalue weighted by Crippen LogP contribution is 2.31. The van der Waals surface area contributed by atoms with Crippen LogP contribution >= 0.6 is 0 Å². The molecule has 8 nitrogen and oxygen atoms in total. The first-order valence-corrected chi connectivity index (χ1v) is 14.5. The van der Waals surface area contributed by atoms with Gasteiger partial charge in [0.1, 0.15) is 0 Å². The van der Waals surface area contributed by atoms with Crippen molar-refractivity contribution >= 4 is 43.0 Å². The first-order chi connectivity index (χ1) is 18.7. The molecule has 0 spiro atoms. The highest BCUT2D eigenvalue weighted by Gasteiger charge is 2.30. The topological polar surface area (TPSA) is 121 Å². The number of anilines is 3. The molecule has 40 heavy (non-hydrogen) atoms. The van der Waals surface area contributed by atoms with E-state index in [0.29, 0.717) is 6.07 Å². The van der Waals surface area contributed by atoms with Crippen LogP contribution < -0.4 is 14.8 Å². The van der Waals surface area contributed by atoms with E-state index in [1.165, 1.54) is 66.7 Å². The van der Waals surface area contributed by atoms with Gasteiger partial charge in [0.15, 0.2) is 0 Å². The first kappa shape index (κ1) is 28.6. The van der Waals surface area contributed by atoms with Crippen LogP contribution in [0.15, 0.2) is 107 Å². The van der Waals surface area contributed by atoms with Crippen LogP contribution in [-0.2, 0) is 26.2 Å². The number of amides is 1. The standard InChI is InChI=1S/C27H22F3N3O5S2/c1-18-8-12-24(13-9-18)39(35,36)32-22-6-2-4-19(16-22)26(34)31-21-10-14-25(15-11-21)40(37,38)33-23-7-3-5-20(17-23)27(28,29)30/h2-17,32-33H,1H3,(H,31,34). The van der Waals surface area contributed by atoms with Crippen molar-refractivity contribution in [2.45, 2.75) is 22.9 Å². The minimum Gasteiger partial charge on any atom is -0.322 e. The van der Waals surface area contributed by atoms with Crippen molar-refractivity contribution in [3.05, 3.63) is 114 Å². The fourth-order valence-electron chi connectivity index (χ4n) is 3.55. The van der Waals surface area contributed by atoms with Crippen LogP contribution in [-0.4, -0.2) is 22.7 Å². The smallest absolute Gasteiger partial charge is 0.322 e. The van der Waals surface area contributed by atoms with Gasteiger partial charge in [0.25, 0.3) is 26.0 Å². The second-order valence-corrected chi connectivity index (χ2v) is 12.0. The molecule has 13 heteroatoms. The van der Waals surface area contributed by atoms with E-state index in [0.717, 1.165) is 17.7 Å². The average molecular weight is 590 g/mol. The normalized spacial score (nSPS) is 12.0. The molecule has 0 saturated heterocycles. The number of hydrogen-bond acceptors (Lipinski definition) is 5. The Hall–Kier alpha value is -4.36. The number of aryl methyl sites for hydroxylation is 1. The lowest BCUT2D eigenvalue weighted by atomic mass is 10.2. The molecule has 0 heterocycles. The van der Waals surface area contributed by atoms with Crippen LogP contribution in [0.1, 0.15) is 21.5 Å². The number of hydrogen-bond donors (Lipinski definition) is 3. The third kappa shape index (κ3) is 6.98. The van der Waals surface area contributed by atoms with Gasteiger partial charge in [-0.2, -0.15) is 13.2 Å². The molecule has 0 aliphatic carbocycles. The molecule has 0 bridgehead atoms. The molecule has 4 aromatic carbocycles. The zero-order chi connectivity index (χ0) is 29.1. The molecule has 0 unspecified atom stereocenters. The number of rotatable bonds is 8. The molecule has 0 fully saturated rings. The van der Waals surface area contributed by atoms with Gasteiger partial charge in [0.2, 0.25) is 0 Å². The Morgan fingerprint density at radius 3 is 1.70 bits per heavy atom. The van der Waals surface area contributed by atoms with Crippen molar-refractivity contribution in [3.8, 4) is 0 Å². The summed E-state index contributed by atoms with van der Waals surface area (Å²) in [4.78, 5) is 12.6. The maximum absolute atomic E-state index is 12.9. The summed E-state index contributed by atoms with van der Waals surface area (Å²) in [5.41, 5.74) is 0.161. The molecule has 0 aliphatic heterocycles. The third-order valence-corrected chi connectivity index (χ3v) is 8.37. The van der Waals surface area contributed by atoms with E-state index < -0.39 is 37.7 Å². The van der Waals surface area contributed by atoms with Crippen LogP contribution in [0, 0.1) is 6.92 Å². The number of carbonyl (C=O) groups excluding carboxylic acids is 1. The molecule has 0 atom stereocenters. The van der Waals surface area contributed by atoms with Gasteiger partial charge in [-0.25, -0.2) is 16.8 Å². The van der Waals surface area contributed by atoms with Crippen molar-refractivity contribution in [3.63, 3.8) is 0 Å². The van der Waals surface area contributed by atoms with Crippen molar-refractivity contribution in [1.29, 1.82) is 0 Å². The summed E-state index contributed by atoms with van der Waals surface area (Å²) in [6.45, 7) is 1.83. The van der Waals surface area contributed by atoms with Gasteiger partial charge in [0, 0.05) is 22.6 Å². The summed E-state index contributed by atoms with van der Waals surface area (Å²) in [5, 5.41) is 2.58.